The number of hydrogen-bond donors (Lipinski definition) is 3. The van der Waals surface area contributed by atoms with Crippen LogP contribution in [0.2, 0.25) is 0 Å². The van der Waals surface area contributed by atoms with E-state index in [1.54, 1.807) is 12.1 Å². The molecule has 2 amide bonds. The summed E-state index contributed by atoms with van der Waals surface area (Å²) in [6.07, 6.45) is 4.64. The number of nitrogens with one attached hydrogen (secondary N) is 3. The molecule has 106 valence electrons. The number of aryl methyl sites for hydroxylation is 1. The molecule has 1 aromatic heterocycles. The quantitative estimate of drug-likeness (QED) is 0.440. The molecule has 0 bridgehead atoms. The van der Waals surface area contributed by atoms with Gasteiger partial charge in [0.2, 0.25) is 11.8 Å². The highest BCUT2D eigenvalue weighted by molar-refractivity contribution is 7.80. The van der Waals surface area contributed by atoms with Crippen LogP contribution in [0.5, 0.6) is 0 Å². The van der Waals surface area contributed by atoms with Crippen molar-refractivity contribution in [1.29, 1.82) is 0 Å². The van der Waals surface area contributed by atoms with Crippen molar-refractivity contribution in [3.8, 4) is 0 Å². The van der Waals surface area contributed by atoms with Crippen molar-refractivity contribution >= 4 is 35.2 Å². The number of carbonyl (C=O) groups excluding carboxylic acids is 2. The van der Waals surface area contributed by atoms with Gasteiger partial charge in [-0.3, -0.25) is 25.8 Å². The van der Waals surface area contributed by atoms with Crippen molar-refractivity contribution < 1.29 is 14.0 Å². The van der Waals surface area contributed by atoms with E-state index in [-0.39, 0.29) is 16.9 Å². The molecule has 1 saturated carbocycles. The molecule has 0 unspecified atom stereocenters. The summed E-state index contributed by atoms with van der Waals surface area (Å²) >= 11 is 4.88. The van der Waals surface area contributed by atoms with Crippen molar-refractivity contribution in [3.63, 3.8) is 0 Å². The van der Waals surface area contributed by atoms with Crippen LogP contribution in [0, 0.1) is 12.8 Å². The summed E-state index contributed by atoms with van der Waals surface area (Å²) in [5.41, 5.74) is 4.92. The fourth-order valence-electron chi connectivity index (χ4n) is 1.45. The molecule has 0 aromatic carbocycles. The summed E-state index contributed by atoms with van der Waals surface area (Å²) in [5, 5.41) is 2.46. The molecule has 1 aromatic rings. The van der Waals surface area contributed by atoms with Gasteiger partial charge in [-0.15, -0.1) is 0 Å². The molecule has 7 heteroatoms. The number of thiocarbonyl (C=S) groups is 1. The monoisotopic (exact) mass is 293 g/mol. The zero-order valence-electron chi connectivity index (χ0n) is 10.9. The van der Waals surface area contributed by atoms with Gasteiger partial charge < -0.3 is 4.42 Å². The van der Waals surface area contributed by atoms with Crippen LogP contribution in [0.4, 0.5) is 0 Å². The lowest BCUT2D eigenvalue weighted by atomic mass is 10.4. The lowest BCUT2D eigenvalue weighted by Gasteiger charge is -2.08. The van der Waals surface area contributed by atoms with Crippen molar-refractivity contribution in [3.05, 3.63) is 29.7 Å². The molecule has 1 heterocycles. The molecule has 0 saturated heterocycles. The maximum Gasteiger partial charge on any atom is 0.250 e. The topological polar surface area (TPSA) is 83.4 Å². The van der Waals surface area contributed by atoms with Gasteiger partial charge in [0.1, 0.15) is 11.5 Å². The first-order chi connectivity index (χ1) is 9.54. The van der Waals surface area contributed by atoms with E-state index in [1.165, 1.54) is 12.2 Å². The van der Waals surface area contributed by atoms with Crippen LogP contribution in [0.3, 0.4) is 0 Å². The highest BCUT2D eigenvalue weighted by Gasteiger charge is 2.29. The first kappa shape index (κ1) is 14.3. The van der Waals surface area contributed by atoms with E-state index in [9.17, 15) is 9.59 Å². The molecule has 1 fully saturated rings. The molecule has 0 radical (unpaired) electrons. The van der Waals surface area contributed by atoms with E-state index in [1.807, 2.05) is 6.92 Å². The second-order valence-electron chi connectivity index (χ2n) is 4.49. The summed E-state index contributed by atoms with van der Waals surface area (Å²) in [6, 6.07) is 3.56. The van der Waals surface area contributed by atoms with E-state index in [0.717, 1.165) is 18.6 Å². The fraction of sp³-hybridized carbons (Fsp3) is 0.308. The summed E-state index contributed by atoms with van der Waals surface area (Å²) in [4.78, 5) is 22.9. The van der Waals surface area contributed by atoms with Gasteiger partial charge in [-0.2, -0.15) is 0 Å². The van der Waals surface area contributed by atoms with E-state index < -0.39 is 5.91 Å². The minimum atomic E-state index is -0.405. The fourth-order valence-corrected chi connectivity index (χ4v) is 1.60. The minimum Gasteiger partial charge on any atom is -0.462 e. The standard InChI is InChI=1S/C13H15N3O3S/c1-8-2-5-10(19-8)6-7-11(17)14-13(20)16-15-12(18)9-3-4-9/h2,5-7,9H,3-4H2,1H3,(H,15,18)(H2,14,16,17,20)/b7-6+. The van der Waals surface area contributed by atoms with Crippen LogP contribution in [0.15, 0.2) is 22.6 Å². The van der Waals surface area contributed by atoms with Gasteiger partial charge in [0.05, 0.1) is 0 Å². The molecule has 3 N–H and O–H groups in total. The largest absolute Gasteiger partial charge is 0.462 e. The first-order valence-electron chi connectivity index (χ1n) is 6.20. The number of furan rings is 1. The van der Waals surface area contributed by atoms with Crippen LogP contribution in [0.1, 0.15) is 24.4 Å². The van der Waals surface area contributed by atoms with E-state index in [4.69, 9.17) is 16.6 Å². The highest BCUT2D eigenvalue weighted by atomic mass is 32.1. The van der Waals surface area contributed by atoms with E-state index in [0.29, 0.717) is 5.76 Å². The Labute approximate surface area is 121 Å². The predicted octanol–water partition coefficient (Wildman–Crippen LogP) is 1.03. The van der Waals surface area contributed by atoms with E-state index in [2.05, 4.69) is 16.2 Å². The van der Waals surface area contributed by atoms with Crippen molar-refractivity contribution in [2.45, 2.75) is 19.8 Å². The molecule has 1 aliphatic rings. The molecule has 6 nitrogen and oxygen atoms in total. The zero-order chi connectivity index (χ0) is 14.5. The maximum absolute atomic E-state index is 11.5. The Balaban J connectivity index is 1.71. The number of hydrazine groups is 1. The average Bonchev–Trinajstić information content (AvgIpc) is 3.17. The predicted molar refractivity (Wildman–Crippen MR) is 77.2 cm³/mol. The van der Waals surface area contributed by atoms with Crippen molar-refractivity contribution in [2.75, 3.05) is 0 Å². The van der Waals surface area contributed by atoms with Crippen molar-refractivity contribution in [2.24, 2.45) is 5.92 Å². The van der Waals surface area contributed by atoms with Gasteiger partial charge in [-0.25, -0.2) is 0 Å². The Morgan fingerprint density at radius 3 is 2.70 bits per heavy atom. The Hall–Kier alpha value is -2.15. The normalized spacial score (nSPS) is 14.1. The summed E-state index contributed by atoms with van der Waals surface area (Å²) in [6.45, 7) is 1.82. The summed E-state index contributed by atoms with van der Waals surface area (Å²) < 4.78 is 5.28. The number of carbonyl (C=O) groups is 2. The van der Waals surface area contributed by atoms with Gasteiger partial charge in [-0.05, 0) is 50.2 Å². The molecule has 2 rings (SSSR count). The van der Waals surface area contributed by atoms with Crippen LogP contribution < -0.4 is 16.2 Å². The average molecular weight is 293 g/mol. The smallest absolute Gasteiger partial charge is 0.250 e. The van der Waals surface area contributed by atoms with Gasteiger partial charge in [0.25, 0.3) is 0 Å². The third kappa shape index (κ3) is 4.51. The Morgan fingerprint density at radius 1 is 1.35 bits per heavy atom. The highest BCUT2D eigenvalue weighted by Crippen LogP contribution is 2.28. The molecule has 20 heavy (non-hydrogen) atoms. The lowest BCUT2D eigenvalue weighted by molar-refractivity contribution is -0.123. The number of rotatable bonds is 3. The minimum absolute atomic E-state index is 0.0456. The van der Waals surface area contributed by atoms with Gasteiger partial charge in [0, 0.05) is 12.0 Å². The third-order valence-corrected chi connectivity index (χ3v) is 2.85. The van der Waals surface area contributed by atoms with Crippen LogP contribution in [-0.2, 0) is 9.59 Å². The summed E-state index contributed by atoms with van der Waals surface area (Å²) in [7, 11) is 0. The van der Waals surface area contributed by atoms with Crippen molar-refractivity contribution in [1.82, 2.24) is 16.2 Å². The second kappa shape index (κ2) is 6.33. The Kier molecular flexibility index (Phi) is 4.52. The maximum atomic E-state index is 11.5. The number of amides is 2. The van der Waals surface area contributed by atoms with E-state index >= 15 is 0 Å². The second-order valence-corrected chi connectivity index (χ2v) is 4.90. The van der Waals surface area contributed by atoms with Gasteiger partial charge in [0.15, 0.2) is 5.11 Å². The SMILES string of the molecule is Cc1ccc(/C=C/C(=O)NC(=S)NNC(=O)C2CC2)o1. The van der Waals surface area contributed by atoms with Crippen LogP contribution in [0.25, 0.3) is 6.08 Å². The van der Waals surface area contributed by atoms with Gasteiger partial charge in [-0.1, -0.05) is 0 Å². The molecule has 0 aliphatic heterocycles. The molecule has 1 aliphatic carbocycles. The third-order valence-electron chi connectivity index (χ3n) is 2.64. The first-order valence-corrected chi connectivity index (χ1v) is 6.61. The van der Waals surface area contributed by atoms with Crippen LogP contribution in [-0.4, -0.2) is 16.9 Å². The van der Waals surface area contributed by atoms with Gasteiger partial charge >= 0.3 is 0 Å². The lowest BCUT2D eigenvalue weighted by Crippen LogP contribution is -2.48. The Morgan fingerprint density at radius 2 is 2.10 bits per heavy atom. The number of hydrogen-bond acceptors (Lipinski definition) is 4. The molecular weight excluding hydrogens is 278 g/mol. The Bertz CT molecular complexity index is 561. The van der Waals surface area contributed by atoms with Crippen LogP contribution >= 0.6 is 12.2 Å². The molecular formula is C13H15N3O3S. The molecule has 0 atom stereocenters. The zero-order valence-corrected chi connectivity index (χ0v) is 11.8. The molecule has 0 spiro atoms. The summed E-state index contributed by atoms with van der Waals surface area (Å²) in [5.74, 6) is 0.909.